The standard InChI is InChI=1S/C18H27NO3/c1-15(2)21-12-13-22-18(20)17-10-6-7-11-19(17)14-16-8-4-3-5-9-16/h3-5,8-9,15,17H,6-7,10-14H2,1-2H3/t17-/m0/s1. The lowest BCUT2D eigenvalue weighted by atomic mass is 10.0. The Morgan fingerprint density at radius 1 is 1.23 bits per heavy atom. The van der Waals surface area contributed by atoms with E-state index in [1.165, 1.54) is 5.56 Å². The Kier molecular flexibility index (Phi) is 6.87. The van der Waals surface area contributed by atoms with Crippen molar-refractivity contribution in [1.29, 1.82) is 0 Å². The maximum absolute atomic E-state index is 12.3. The monoisotopic (exact) mass is 305 g/mol. The summed E-state index contributed by atoms with van der Waals surface area (Å²) >= 11 is 0. The molecule has 1 aliphatic rings. The lowest BCUT2D eigenvalue weighted by Gasteiger charge is -2.34. The number of hydrogen-bond donors (Lipinski definition) is 0. The summed E-state index contributed by atoms with van der Waals surface area (Å²) in [6.45, 7) is 6.52. The van der Waals surface area contributed by atoms with Gasteiger partial charge in [0, 0.05) is 6.54 Å². The molecule has 1 fully saturated rings. The van der Waals surface area contributed by atoms with Crippen molar-refractivity contribution in [3.63, 3.8) is 0 Å². The van der Waals surface area contributed by atoms with Crippen LogP contribution in [0.4, 0.5) is 0 Å². The highest BCUT2D eigenvalue weighted by Gasteiger charge is 2.29. The molecule has 1 aromatic rings. The van der Waals surface area contributed by atoms with Crippen LogP contribution in [-0.2, 0) is 20.8 Å². The molecule has 4 nitrogen and oxygen atoms in total. The molecule has 0 spiro atoms. The van der Waals surface area contributed by atoms with Gasteiger partial charge < -0.3 is 9.47 Å². The number of esters is 1. The summed E-state index contributed by atoms with van der Waals surface area (Å²) in [4.78, 5) is 14.6. The van der Waals surface area contributed by atoms with Crippen LogP contribution in [0.1, 0.15) is 38.7 Å². The second-order valence-corrected chi connectivity index (χ2v) is 6.05. The number of carbonyl (C=O) groups excluding carboxylic acids is 1. The molecule has 1 saturated heterocycles. The minimum Gasteiger partial charge on any atom is -0.462 e. The molecule has 1 atom stereocenters. The van der Waals surface area contributed by atoms with Crippen LogP contribution in [0.5, 0.6) is 0 Å². The quantitative estimate of drug-likeness (QED) is 0.573. The van der Waals surface area contributed by atoms with Gasteiger partial charge in [-0.1, -0.05) is 36.8 Å². The fourth-order valence-corrected chi connectivity index (χ4v) is 2.79. The second kappa shape index (κ2) is 8.91. The third kappa shape index (κ3) is 5.43. The van der Waals surface area contributed by atoms with E-state index in [-0.39, 0.29) is 18.1 Å². The lowest BCUT2D eigenvalue weighted by Crippen LogP contribution is -2.45. The molecule has 1 aliphatic heterocycles. The Balaban J connectivity index is 1.84. The predicted molar refractivity (Wildman–Crippen MR) is 86.5 cm³/mol. The van der Waals surface area contributed by atoms with Gasteiger partial charge in [-0.05, 0) is 38.8 Å². The summed E-state index contributed by atoms with van der Waals surface area (Å²) < 4.78 is 10.8. The molecule has 0 amide bonds. The van der Waals surface area contributed by atoms with Crippen LogP contribution >= 0.6 is 0 Å². The number of benzene rings is 1. The van der Waals surface area contributed by atoms with E-state index in [1.807, 2.05) is 32.0 Å². The van der Waals surface area contributed by atoms with Crippen LogP contribution in [0.3, 0.4) is 0 Å². The first-order chi connectivity index (χ1) is 10.7. The molecular weight excluding hydrogens is 278 g/mol. The summed E-state index contributed by atoms with van der Waals surface area (Å²) in [5.74, 6) is -0.108. The predicted octanol–water partition coefficient (Wildman–Crippen LogP) is 3.01. The van der Waals surface area contributed by atoms with Gasteiger partial charge in [0.05, 0.1) is 12.7 Å². The van der Waals surface area contributed by atoms with Gasteiger partial charge >= 0.3 is 5.97 Å². The summed E-state index contributed by atoms with van der Waals surface area (Å²) in [5, 5.41) is 0. The van der Waals surface area contributed by atoms with Crippen molar-refractivity contribution in [2.75, 3.05) is 19.8 Å². The van der Waals surface area contributed by atoms with Crippen molar-refractivity contribution >= 4 is 5.97 Å². The maximum Gasteiger partial charge on any atom is 0.323 e. The van der Waals surface area contributed by atoms with E-state index in [4.69, 9.17) is 9.47 Å². The normalized spacial score (nSPS) is 19.3. The van der Waals surface area contributed by atoms with Crippen LogP contribution in [0.25, 0.3) is 0 Å². The van der Waals surface area contributed by atoms with Crippen molar-refractivity contribution in [2.24, 2.45) is 0 Å². The van der Waals surface area contributed by atoms with Gasteiger partial charge in [-0.25, -0.2) is 0 Å². The van der Waals surface area contributed by atoms with E-state index in [1.54, 1.807) is 0 Å². The molecule has 4 heteroatoms. The van der Waals surface area contributed by atoms with E-state index in [0.717, 1.165) is 32.4 Å². The van der Waals surface area contributed by atoms with Crippen LogP contribution in [0.15, 0.2) is 30.3 Å². The first kappa shape index (κ1) is 17.0. The smallest absolute Gasteiger partial charge is 0.323 e. The zero-order valence-electron chi connectivity index (χ0n) is 13.7. The molecule has 122 valence electrons. The van der Waals surface area contributed by atoms with Gasteiger partial charge in [0.15, 0.2) is 0 Å². The number of carbonyl (C=O) groups is 1. The number of rotatable bonds is 7. The maximum atomic E-state index is 12.3. The van der Waals surface area contributed by atoms with Crippen molar-refractivity contribution in [3.05, 3.63) is 35.9 Å². The Hall–Kier alpha value is -1.39. The Morgan fingerprint density at radius 3 is 2.73 bits per heavy atom. The molecule has 0 aliphatic carbocycles. The number of piperidine rings is 1. The number of hydrogen-bond acceptors (Lipinski definition) is 4. The zero-order valence-corrected chi connectivity index (χ0v) is 13.7. The van der Waals surface area contributed by atoms with Crippen molar-refractivity contribution < 1.29 is 14.3 Å². The summed E-state index contributed by atoms with van der Waals surface area (Å²) in [6, 6.07) is 10.2. The molecule has 0 unspecified atom stereocenters. The van der Waals surface area contributed by atoms with E-state index >= 15 is 0 Å². The summed E-state index contributed by atoms with van der Waals surface area (Å²) in [7, 11) is 0. The minimum absolute atomic E-state index is 0.108. The molecule has 1 aromatic carbocycles. The Labute approximate surface area is 133 Å². The van der Waals surface area contributed by atoms with Crippen molar-refractivity contribution in [2.45, 2.75) is 51.8 Å². The van der Waals surface area contributed by atoms with Gasteiger partial charge in [0.1, 0.15) is 12.6 Å². The molecular formula is C18H27NO3. The molecule has 0 radical (unpaired) electrons. The van der Waals surface area contributed by atoms with Crippen LogP contribution in [-0.4, -0.2) is 42.8 Å². The van der Waals surface area contributed by atoms with E-state index in [9.17, 15) is 4.79 Å². The highest BCUT2D eigenvalue weighted by Crippen LogP contribution is 2.20. The number of likely N-dealkylation sites (tertiary alicyclic amines) is 1. The average Bonchev–Trinajstić information content (AvgIpc) is 2.53. The number of nitrogens with zero attached hydrogens (tertiary/aromatic N) is 1. The molecule has 0 N–H and O–H groups in total. The Morgan fingerprint density at radius 2 is 2.00 bits per heavy atom. The fraction of sp³-hybridized carbons (Fsp3) is 0.611. The van der Waals surface area contributed by atoms with Gasteiger partial charge in [-0.15, -0.1) is 0 Å². The van der Waals surface area contributed by atoms with Crippen LogP contribution in [0, 0.1) is 0 Å². The molecule has 0 bridgehead atoms. The molecule has 0 saturated carbocycles. The van der Waals surface area contributed by atoms with E-state index < -0.39 is 0 Å². The highest BCUT2D eigenvalue weighted by molar-refractivity contribution is 5.75. The third-order valence-electron chi connectivity index (χ3n) is 3.89. The van der Waals surface area contributed by atoms with Gasteiger partial charge in [0.2, 0.25) is 0 Å². The topological polar surface area (TPSA) is 38.8 Å². The van der Waals surface area contributed by atoms with Crippen LogP contribution < -0.4 is 0 Å². The number of ether oxygens (including phenoxy) is 2. The highest BCUT2D eigenvalue weighted by atomic mass is 16.6. The van der Waals surface area contributed by atoms with Crippen molar-refractivity contribution in [1.82, 2.24) is 4.90 Å². The first-order valence-corrected chi connectivity index (χ1v) is 8.23. The first-order valence-electron chi connectivity index (χ1n) is 8.23. The molecule has 2 rings (SSSR count). The third-order valence-corrected chi connectivity index (χ3v) is 3.89. The average molecular weight is 305 g/mol. The molecule has 22 heavy (non-hydrogen) atoms. The second-order valence-electron chi connectivity index (χ2n) is 6.05. The van der Waals surface area contributed by atoms with Gasteiger partial charge in [0.25, 0.3) is 0 Å². The fourth-order valence-electron chi connectivity index (χ4n) is 2.79. The summed E-state index contributed by atoms with van der Waals surface area (Å²) in [6.07, 6.45) is 3.29. The molecule has 1 heterocycles. The summed E-state index contributed by atoms with van der Waals surface area (Å²) in [5.41, 5.74) is 1.24. The zero-order chi connectivity index (χ0) is 15.8. The van der Waals surface area contributed by atoms with Crippen molar-refractivity contribution in [3.8, 4) is 0 Å². The van der Waals surface area contributed by atoms with E-state index in [0.29, 0.717) is 13.2 Å². The Bertz CT molecular complexity index is 447. The minimum atomic E-state index is -0.118. The largest absolute Gasteiger partial charge is 0.462 e. The van der Waals surface area contributed by atoms with Gasteiger partial charge in [-0.3, -0.25) is 9.69 Å². The SMILES string of the molecule is CC(C)OCCOC(=O)[C@@H]1CCCCN1Cc1ccccc1. The lowest BCUT2D eigenvalue weighted by molar-refractivity contribution is -0.153. The molecule has 0 aromatic heterocycles. The van der Waals surface area contributed by atoms with E-state index in [2.05, 4.69) is 17.0 Å². The van der Waals surface area contributed by atoms with Gasteiger partial charge in [-0.2, -0.15) is 0 Å². The van der Waals surface area contributed by atoms with Crippen LogP contribution in [0.2, 0.25) is 0 Å².